The van der Waals surface area contributed by atoms with Gasteiger partial charge in [0, 0.05) is 13.1 Å². The maximum absolute atomic E-state index is 11.2. The Morgan fingerprint density at radius 2 is 1.83 bits per heavy atom. The second-order valence-electron chi connectivity index (χ2n) is 2.90. The van der Waals surface area contributed by atoms with E-state index >= 15 is 0 Å². The number of nitrogens with two attached hydrogens (primary N) is 1. The van der Waals surface area contributed by atoms with E-state index in [1.165, 1.54) is 4.90 Å². The van der Waals surface area contributed by atoms with Crippen LogP contribution in [0.3, 0.4) is 0 Å². The number of piperazine rings is 1. The summed E-state index contributed by atoms with van der Waals surface area (Å²) in [5.74, 6) is -0.307. The van der Waals surface area contributed by atoms with Gasteiger partial charge in [0.15, 0.2) is 0 Å². The molecular weight excluding hydrogens is 158 g/mol. The van der Waals surface area contributed by atoms with Crippen molar-refractivity contribution in [3.63, 3.8) is 0 Å². The number of carbonyl (C=O) groups excluding carboxylic acids is 2. The van der Waals surface area contributed by atoms with E-state index in [9.17, 15) is 9.59 Å². The number of nitrogens with zero attached hydrogens (tertiary/aromatic N) is 2. The Morgan fingerprint density at radius 1 is 1.33 bits per heavy atom. The number of hydrogen-bond donors (Lipinski definition) is 1. The topological polar surface area (TPSA) is 66.6 Å². The zero-order chi connectivity index (χ0) is 9.14. The minimum Gasteiger partial charge on any atom is -0.329 e. The predicted molar refractivity (Wildman–Crippen MR) is 43.3 cm³/mol. The fourth-order valence-corrected chi connectivity index (χ4v) is 1.21. The van der Waals surface area contributed by atoms with Crippen LogP contribution in [0.25, 0.3) is 0 Å². The minimum absolute atomic E-state index is 0.154. The molecule has 2 amide bonds. The normalized spacial score (nSPS) is 20.3. The predicted octanol–water partition coefficient (Wildman–Crippen LogP) is -1.75. The van der Waals surface area contributed by atoms with E-state index in [2.05, 4.69) is 0 Å². The van der Waals surface area contributed by atoms with Crippen LogP contribution >= 0.6 is 0 Å². The number of likely N-dealkylation sites (N-methyl/N-ethyl adjacent to an activating group) is 1. The fraction of sp³-hybridized carbons (Fsp3) is 0.714. The molecule has 0 aromatic heterocycles. The number of carbonyl (C=O) groups is 2. The molecular formula is C7H13N3O2. The van der Waals surface area contributed by atoms with Crippen LogP contribution in [0.1, 0.15) is 0 Å². The van der Waals surface area contributed by atoms with Crippen LogP contribution in [0.5, 0.6) is 0 Å². The lowest BCUT2D eigenvalue weighted by molar-refractivity contribution is -0.150. The molecule has 1 aliphatic heterocycles. The Balaban J connectivity index is 2.61. The van der Waals surface area contributed by atoms with E-state index < -0.39 is 0 Å². The first-order valence-corrected chi connectivity index (χ1v) is 3.87. The molecule has 0 bridgehead atoms. The van der Waals surface area contributed by atoms with E-state index in [0.717, 1.165) is 0 Å². The number of hydrogen-bond acceptors (Lipinski definition) is 4. The summed E-state index contributed by atoms with van der Waals surface area (Å²) in [6.45, 7) is 1.30. The van der Waals surface area contributed by atoms with Crippen LogP contribution in [0.15, 0.2) is 0 Å². The van der Waals surface area contributed by atoms with Crippen molar-refractivity contribution < 1.29 is 9.59 Å². The van der Waals surface area contributed by atoms with E-state index in [1.807, 2.05) is 0 Å². The van der Waals surface area contributed by atoms with Crippen molar-refractivity contribution in [3.05, 3.63) is 0 Å². The van der Waals surface area contributed by atoms with Crippen molar-refractivity contribution in [3.8, 4) is 0 Å². The van der Waals surface area contributed by atoms with Crippen molar-refractivity contribution >= 4 is 11.8 Å². The smallest absolute Gasteiger partial charge is 0.243 e. The van der Waals surface area contributed by atoms with Crippen LogP contribution in [0, 0.1) is 0 Å². The first-order chi connectivity index (χ1) is 5.65. The minimum atomic E-state index is -0.154. The molecule has 1 heterocycles. The van der Waals surface area contributed by atoms with Crippen molar-refractivity contribution in [2.75, 3.05) is 33.2 Å². The molecule has 1 rings (SSSR count). The van der Waals surface area contributed by atoms with E-state index in [0.29, 0.717) is 26.2 Å². The van der Waals surface area contributed by atoms with Gasteiger partial charge in [-0.3, -0.25) is 19.4 Å². The summed E-state index contributed by atoms with van der Waals surface area (Å²) in [6.07, 6.45) is 0. The average molecular weight is 171 g/mol. The molecule has 12 heavy (non-hydrogen) atoms. The van der Waals surface area contributed by atoms with Gasteiger partial charge in [0.25, 0.3) is 0 Å². The summed E-state index contributed by atoms with van der Waals surface area (Å²) < 4.78 is 0. The molecule has 1 aliphatic rings. The standard InChI is InChI=1S/C7H13N3O2/c1-9-4-6(11)10(3-2-8)7(12)5-9/h2-5,8H2,1H3. The molecule has 5 nitrogen and oxygen atoms in total. The third kappa shape index (κ3) is 1.80. The maximum Gasteiger partial charge on any atom is 0.243 e. The summed E-state index contributed by atoms with van der Waals surface area (Å²) in [6, 6.07) is 0. The summed E-state index contributed by atoms with van der Waals surface area (Å²) in [4.78, 5) is 25.3. The van der Waals surface area contributed by atoms with Crippen molar-refractivity contribution in [2.45, 2.75) is 0 Å². The van der Waals surface area contributed by atoms with Gasteiger partial charge in [-0.25, -0.2) is 0 Å². The summed E-state index contributed by atoms with van der Waals surface area (Å²) in [5.41, 5.74) is 5.26. The molecule has 0 radical (unpaired) electrons. The Bertz CT molecular complexity index is 187. The van der Waals surface area contributed by atoms with E-state index in [4.69, 9.17) is 5.73 Å². The molecule has 0 spiro atoms. The lowest BCUT2D eigenvalue weighted by atomic mass is 10.3. The number of amides is 2. The third-order valence-corrected chi connectivity index (χ3v) is 1.77. The van der Waals surface area contributed by atoms with E-state index in [-0.39, 0.29) is 11.8 Å². The molecule has 2 N–H and O–H groups in total. The van der Waals surface area contributed by atoms with Crippen molar-refractivity contribution in [1.82, 2.24) is 9.80 Å². The van der Waals surface area contributed by atoms with Gasteiger partial charge in [0.2, 0.25) is 11.8 Å². The van der Waals surface area contributed by atoms with Crippen molar-refractivity contribution in [2.24, 2.45) is 5.73 Å². The van der Waals surface area contributed by atoms with Gasteiger partial charge < -0.3 is 5.73 Å². The lowest BCUT2D eigenvalue weighted by Gasteiger charge is -2.29. The molecule has 0 saturated carbocycles. The number of imide groups is 1. The quantitative estimate of drug-likeness (QED) is 0.500. The SMILES string of the molecule is CN1CC(=O)N(CCN)C(=O)C1. The van der Waals surface area contributed by atoms with Gasteiger partial charge in [-0.05, 0) is 7.05 Å². The molecule has 0 atom stereocenters. The molecule has 1 fully saturated rings. The molecule has 5 heteroatoms. The largest absolute Gasteiger partial charge is 0.329 e. The monoisotopic (exact) mass is 171 g/mol. The van der Waals surface area contributed by atoms with E-state index in [1.54, 1.807) is 11.9 Å². The summed E-state index contributed by atoms with van der Waals surface area (Å²) >= 11 is 0. The molecule has 0 aromatic carbocycles. The lowest BCUT2D eigenvalue weighted by Crippen LogP contribution is -2.53. The van der Waals surface area contributed by atoms with Gasteiger partial charge in [-0.2, -0.15) is 0 Å². The van der Waals surface area contributed by atoms with Gasteiger partial charge in [-0.15, -0.1) is 0 Å². The molecule has 0 aliphatic carbocycles. The van der Waals surface area contributed by atoms with Gasteiger partial charge >= 0.3 is 0 Å². The first-order valence-electron chi connectivity index (χ1n) is 3.87. The highest BCUT2D eigenvalue weighted by Crippen LogP contribution is 2.01. The molecule has 0 aromatic rings. The third-order valence-electron chi connectivity index (χ3n) is 1.77. The van der Waals surface area contributed by atoms with Gasteiger partial charge in [0.05, 0.1) is 13.1 Å². The van der Waals surface area contributed by atoms with Crippen molar-refractivity contribution in [1.29, 1.82) is 0 Å². The zero-order valence-electron chi connectivity index (χ0n) is 7.12. The zero-order valence-corrected chi connectivity index (χ0v) is 7.12. The van der Waals surface area contributed by atoms with Crippen LogP contribution in [0.4, 0.5) is 0 Å². The second-order valence-corrected chi connectivity index (χ2v) is 2.90. The summed E-state index contributed by atoms with van der Waals surface area (Å²) in [7, 11) is 1.75. The first kappa shape index (κ1) is 9.15. The highest BCUT2D eigenvalue weighted by molar-refractivity contribution is 5.99. The molecule has 0 unspecified atom stereocenters. The van der Waals surface area contributed by atoms with Crippen LogP contribution in [-0.2, 0) is 9.59 Å². The average Bonchev–Trinajstić information content (AvgIpc) is 1.96. The van der Waals surface area contributed by atoms with Crippen LogP contribution in [-0.4, -0.2) is 54.8 Å². The highest BCUT2D eigenvalue weighted by atomic mass is 16.2. The Kier molecular flexibility index (Phi) is 2.78. The second kappa shape index (κ2) is 3.64. The van der Waals surface area contributed by atoms with Gasteiger partial charge in [-0.1, -0.05) is 0 Å². The van der Waals surface area contributed by atoms with Gasteiger partial charge in [0.1, 0.15) is 0 Å². The van der Waals surface area contributed by atoms with Crippen LogP contribution < -0.4 is 5.73 Å². The van der Waals surface area contributed by atoms with Crippen LogP contribution in [0.2, 0.25) is 0 Å². The Morgan fingerprint density at radius 3 is 2.25 bits per heavy atom. The molecule has 68 valence electrons. The molecule has 1 saturated heterocycles. The maximum atomic E-state index is 11.2. The number of rotatable bonds is 2. The Hall–Kier alpha value is -0.940. The Labute approximate surface area is 71.1 Å². The highest BCUT2D eigenvalue weighted by Gasteiger charge is 2.27. The summed E-state index contributed by atoms with van der Waals surface area (Å²) in [5, 5.41) is 0. The fourth-order valence-electron chi connectivity index (χ4n) is 1.21.